The summed E-state index contributed by atoms with van der Waals surface area (Å²) < 4.78 is 27.2. The minimum Gasteiger partial charge on any atom is -0.618 e. The molecule has 29 heavy (non-hydrogen) atoms. The van der Waals surface area contributed by atoms with Gasteiger partial charge in [-0.25, -0.2) is 13.8 Å². The van der Waals surface area contributed by atoms with E-state index in [9.17, 15) is 18.8 Å². The predicted molar refractivity (Wildman–Crippen MR) is 105 cm³/mol. The number of rotatable bonds is 4. The lowest BCUT2D eigenvalue weighted by Crippen LogP contribution is -2.39. The van der Waals surface area contributed by atoms with E-state index in [1.54, 1.807) is 30.3 Å². The van der Waals surface area contributed by atoms with Crippen molar-refractivity contribution < 1.29 is 18.3 Å². The van der Waals surface area contributed by atoms with Crippen LogP contribution in [0.3, 0.4) is 0 Å². The van der Waals surface area contributed by atoms with Crippen molar-refractivity contribution in [2.45, 2.75) is 0 Å². The van der Waals surface area contributed by atoms with Crippen molar-refractivity contribution in [1.29, 1.82) is 0 Å². The van der Waals surface area contributed by atoms with Crippen LogP contribution in [-0.4, -0.2) is 10.9 Å². The molecule has 0 aliphatic heterocycles. The minimum atomic E-state index is -0.727. The highest BCUT2D eigenvalue weighted by Crippen LogP contribution is 2.22. The molecule has 1 aromatic heterocycles. The Hall–Kier alpha value is -4.07. The maximum Gasteiger partial charge on any atom is 0.325 e. The zero-order valence-corrected chi connectivity index (χ0v) is 14.9. The Morgan fingerprint density at radius 1 is 0.897 bits per heavy atom. The standard InChI is InChI=1S/C21H14F2N4O2/c22-13-6-9-16(10-7-13)24-20-19(21(28)25-15-4-2-1-3-5-15)27(29)18-12-14(23)8-11-17(18)26-20/h1-12H,(H,24,26)(H,25,28). The Labute approximate surface area is 164 Å². The van der Waals surface area contributed by atoms with Crippen LogP contribution in [0.4, 0.5) is 26.0 Å². The summed E-state index contributed by atoms with van der Waals surface area (Å²) in [6.45, 7) is 0. The van der Waals surface area contributed by atoms with E-state index in [0.29, 0.717) is 16.1 Å². The molecule has 2 N–H and O–H groups in total. The summed E-state index contributed by atoms with van der Waals surface area (Å²) in [5.74, 6) is -1.83. The molecule has 0 atom stereocenters. The average Bonchev–Trinajstić information content (AvgIpc) is 2.71. The third-order valence-electron chi connectivity index (χ3n) is 4.17. The number of hydrogen-bond donors (Lipinski definition) is 2. The molecular formula is C21H14F2N4O2. The highest BCUT2D eigenvalue weighted by molar-refractivity contribution is 6.06. The molecule has 8 heteroatoms. The number of hydrogen-bond acceptors (Lipinski definition) is 4. The molecular weight excluding hydrogens is 378 g/mol. The summed E-state index contributed by atoms with van der Waals surface area (Å²) in [5, 5.41) is 18.4. The van der Waals surface area contributed by atoms with Crippen LogP contribution < -0.4 is 15.4 Å². The van der Waals surface area contributed by atoms with Gasteiger partial charge in [-0.1, -0.05) is 18.2 Å². The molecule has 4 rings (SSSR count). The van der Waals surface area contributed by atoms with E-state index in [2.05, 4.69) is 15.6 Å². The van der Waals surface area contributed by atoms with Crippen LogP contribution in [0.25, 0.3) is 11.0 Å². The first-order chi connectivity index (χ1) is 14.0. The molecule has 0 spiro atoms. The Morgan fingerprint density at radius 3 is 2.31 bits per heavy atom. The van der Waals surface area contributed by atoms with E-state index < -0.39 is 17.5 Å². The summed E-state index contributed by atoms with van der Waals surface area (Å²) in [6.07, 6.45) is 0. The SMILES string of the molecule is O=C(Nc1ccccc1)c1c(Nc2ccc(F)cc2)nc2ccc(F)cc2[n+]1[O-]. The number of aromatic nitrogens is 2. The number of halogens is 2. The molecule has 0 bridgehead atoms. The average molecular weight is 392 g/mol. The van der Waals surface area contributed by atoms with Crippen molar-refractivity contribution in [1.82, 2.24) is 4.98 Å². The lowest BCUT2D eigenvalue weighted by Gasteiger charge is -2.13. The third-order valence-corrected chi connectivity index (χ3v) is 4.17. The quantitative estimate of drug-likeness (QED) is 0.404. The first-order valence-electron chi connectivity index (χ1n) is 8.63. The van der Waals surface area contributed by atoms with Crippen molar-refractivity contribution in [2.75, 3.05) is 10.6 Å². The number of fused-ring (bicyclic) bond motifs is 1. The van der Waals surface area contributed by atoms with Crippen LogP contribution in [0.5, 0.6) is 0 Å². The highest BCUT2D eigenvalue weighted by Gasteiger charge is 2.27. The molecule has 3 aromatic carbocycles. The Balaban J connectivity index is 1.83. The molecule has 6 nitrogen and oxygen atoms in total. The van der Waals surface area contributed by atoms with Crippen molar-refractivity contribution in [3.63, 3.8) is 0 Å². The summed E-state index contributed by atoms with van der Waals surface area (Å²) in [7, 11) is 0. The molecule has 0 fully saturated rings. The molecule has 0 aliphatic rings. The third kappa shape index (κ3) is 3.81. The highest BCUT2D eigenvalue weighted by atomic mass is 19.1. The second-order valence-electron chi connectivity index (χ2n) is 6.19. The van der Waals surface area contributed by atoms with Gasteiger partial charge >= 0.3 is 11.6 Å². The number of para-hydroxylation sites is 1. The Bertz CT molecular complexity index is 1200. The van der Waals surface area contributed by atoms with Gasteiger partial charge in [0.1, 0.15) is 17.2 Å². The number of carbonyl (C=O) groups excluding carboxylic acids is 1. The number of anilines is 3. The van der Waals surface area contributed by atoms with Gasteiger partial charge in [0.15, 0.2) is 0 Å². The van der Waals surface area contributed by atoms with Crippen LogP contribution in [0.15, 0.2) is 72.8 Å². The fraction of sp³-hybridized carbons (Fsp3) is 0. The van der Waals surface area contributed by atoms with Gasteiger partial charge in [0.05, 0.1) is 0 Å². The van der Waals surface area contributed by atoms with Crippen molar-refractivity contribution in [3.8, 4) is 0 Å². The van der Waals surface area contributed by atoms with Crippen LogP contribution in [0.1, 0.15) is 10.5 Å². The van der Waals surface area contributed by atoms with E-state index >= 15 is 0 Å². The molecule has 0 saturated carbocycles. The summed E-state index contributed by atoms with van der Waals surface area (Å²) in [5.41, 5.74) is 0.658. The molecule has 0 saturated heterocycles. The first-order valence-corrected chi connectivity index (χ1v) is 8.63. The Morgan fingerprint density at radius 2 is 1.59 bits per heavy atom. The minimum absolute atomic E-state index is 0.0425. The van der Waals surface area contributed by atoms with E-state index in [1.807, 2.05) is 0 Å². The van der Waals surface area contributed by atoms with Gasteiger partial charge in [-0.05, 0) is 48.5 Å². The lowest BCUT2D eigenvalue weighted by molar-refractivity contribution is -0.578. The van der Waals surface area contributed by atoms with Crippen LogP contribution in [-0.2, 0) is 0 Å². The van der Waals surface area contributed by atoms with Crippen molar-refractivity contribution >= 4 is 34.1 Å². The molecule has 144 valence electrons. The second kappa shape index (κ2) is 7.51. The maximum atomic E-state index is 13.6. The largest absolute Gasteiger partial charge is 0.618 e. The molecule has 1 heterocycles. The van der Waals surface area contributed by atoms with Crippen molar-refractivity contribution in [3.05, 3.63) is 95.3 Å². The monoisotopic (exact) mass is 392 g/mol. The van der Waals surface area contributed by atoms with E-state index in [-0.39, 0.29) is 22.5 Å². The number of nitrogens with zero attached hydrogens (tertiary/aromatic N) is 2. The fourth-order valence-corrected chi connectivity index (χ4v) is 2.81. The molecule has 0 aliphatic carbocycles. The van der Waals surface area contributed by atoms with Gasteiger partial charge in [-0.2, -0.15) is 4.73 Å². The van der Waals surface area contributed by atoms with E-state index in [4.69, 9.17) is 0 Å². The molecule has 0 radical (unpaired) electrons. The van der Waals surface area contributed by atoms with Crippen LogP contribution in [0, 0.1) is 16.8 Å². The number of benzene rings is 3. The molecule has 4 aromatic rings. The van der Waals surface area contributed by atoms with E-state index in [1.165, 1.54) is 36.4 Å². The van der Waals surface area contributed by atoms with Crippen LogP contribution >= 0.6 is 0 Å². The van der Waals surface area contributed by atoms with Gasteiger partial charge in [-0.3, -0.25) is 4.79 Å². The number of carbonyl (C=O) groups is 1. The van der Waals surface area contributed by atoms with Gasteiger partial charge < -0.3 is 15.8 Å². The zero-order valence-electron chi connectivity index (χ0n) is 14.9. The number of amides is 1. The van der Waals surface area contributed by atoms with Gasteiger partial charge in [0.25, 0.3) is 0 Å². The topological polar surface area (TPSA) is 81.0 Å². The van der Waals surface area contributed by atoms with Gasteiger partial charge in [-0.15, -0.1) is 0 Å². The summed E-state index contributed by atoms with van der Waals surface area (Å²) >= 11 is 0. The summed E-state index contributed by atoms with van der Waals surface area (Å²) in [4.78, 5) is 17.2. The normalized spacial score (nSPS) is 10.7. The second-order valence-corrected chi connectivity index (χ2v) is 6.19. The van der Waals surface area contributed by atoms with Crippen molar-refractivity contribution in [2.24, 2.45) is 0 Å². The summed E-state index contributed by atoms with van der Waals surface area (Å²) in [6, 6.07) is 17.4. The number of nitrogens with one attached hydrogen (secondary N) is 2. The smallest absolute Gasteiger partial charge is 0.325 e. The lowest BCUT2D eigenvalue weighted by atomic mass is 10.2. The first kappa shape index (κ1) is 18.3. The zero-order chi connectivity index (χ0) is 20.4. The molecule has 0 unspecified atom stereocenters. The fourth-order valence-electron chi connectivity index (χ4n) is 2.81. The van der Waals surface area contributed by atoms with E-state index in [0.717, 1.165) is 6.07 Å². The molecule has 1 amide bonds. The predicted octanol–water partition coefficient (Wildman–Crippen LogP) is 4.14. The van der Waals surface area contributed by atoms with Gasteiger partial charge in [0.2, 0.25) is 11.3 Å². The van der Waals surface area contributed by atoms with Crippen LogP contribution in [0.2, 0.25) is 0 Å². The van der Waals surface area contributed by atoms with Gasteiger partial charge in [0, 0.05) is 17.4 Å². The maximum absolute atomic E-state index is 13.6. The Kier molecular flexibility index (Phi) is 4.74.